The summed E-state index contributed by atoms with van der Waals surface area (Å²) in [5.41, 5.74) is 1.34. The fraction of sp³-hybridized carbons (Fsp3) is 0.500. The van der Waals surface area contributed by atoms with E-state index in [9.17, 15) is 9.59 Å². The topological polar surface area (TPSA) is 69.4 Å². The van der Waals surface area contributed by atoms with Crippen LogP contribution in [-0.4, -0.2) is 23.3 Å². The van der Waals surface area contributed by atoms with Gasteiger partial charge in [0, 0.05) is 6.42 Å². The number of nitrogens with zero attached hydrogens (tertiary/aromatic N) is 1. The second kappa shape index (κ2) is 8.81. The Morgan fingerprint density at radius 2 is 1.90 bits per heavy atom. The van der Waals surface area contributed by atoms with Crippen molar-refractivity contribution in [3.63, 3.8) is 0 Å². The summed E-state index contributed by atoms with van der Waals surface area (Å²) in [6, 6.07) is 9.99. The van der Waals surface area contributed by atoms with Crippen LogP contribution in [0.25, 0.3) is 21.7 Å². The van der Waals surface area contributed by atoms with E-state index in [1.165, 1.54) is 38.5 Å². The van der Waals surface area contributed by atoms with Gasteiger partial charge in [0.05, 0.1) is 24.3 Å². The van der Waals surface area contributed by atoms with Crippen molar-refractivity contribution >= 4 is 33.3 Å². The summed E-state index contributed by atoms with van der Waals surface area (Å²) in [5.74, 6) is 1.35. The van der Waals surface area contributed by atoms with Crippen LogP contribution in [0.2, 0.25) is 0 Å². The Hall–Kier alpha value is -2.69. The van der Waals surface area contributed by atoms with Crippen LogP contribution in [0.3, 0.4) is 0 Å². The van der Waals surface area contributed by atoms with E-state index < -0.39 is 0 Å². The quantitative estimate of drug-likeness (QED) is 0.355. The van der Waals surface area contributed by atoms with Crippen molar-refractivity contribution in [3.05, 3.63) is 36.0 Å². The van der Waals surface area contributed by atoms with Crippen molar-refractivity contribution in [1.82, 2.24) is 5.16 Å². The molecule has 0 spiro atoms. The molecule has 162 valence electrons. The molecule has 0 unspecified atom stereocenters. The standard InChI is InChI=1S/C26H29NO4/c28-19-9-11-22(23(29)16-19)26-25-21-12-10-20(15-18(21)8-13-24(25)31-27-26)30-14-4-7-17-5-2-1-3-6-17/h8,10,12-13,15,17,22H,1-7,9,11,14,16H2/t22-/m0/s1. The molecule has 0 amide bonds. The molecule has 2 aliphatic rings. The summed E-state index contributed by atoms with van der Waals surface area (Å²) in [5, 5.41) is 7.17. The van der Waals surface area contributed by atoms with Gasteiger partial charge in [0.25, 0.3) is 0 Å². The number of aromatic nitrogens is 1. The van der Waals surface area contributed by atoms with Gasteiger partial charge in [-0.25, -0.2) is 0 Å². The van der Waals surface area contributed by atoms with E-state index in [0.717, 1.165) is 40.9 Å². The first-order valence-corrected chi connectivity index (χ1v) is 11.7. The third-order valence-corrected chi connectivity index (χ3v) is 7.00. The Balaban J connectivity index is 1.33. The van der Waals surface area contributed by atoms with Crippen LogP contribution in [0.15, 0.2) is 34.9 Å². The van der Waals surface area contributed by atoms with Gasteiger partial charge in [0.15, 0.2) is 5.58 Å². The van der Waals surface area contributed by atoms with Crippen molar-refractivity contribution in [2.75, 3.05) is 6.61 Å². The molecule has 0 saturated heterocycles. The van der Waals surface area contributed by atoms with E-state index in [1.807, 2.05) is 24.3 Å². The van der Waals surface area contributed by atoms with Crippen molar-refractivity contribution < 1.29 is 18.8 Å². The summed E-state index contributed by atoms with van der Waals surface area (Å²) in [4.78, 5) is 24.1. The SMILES string of the molecule is O=C1CC[C@H](c2noc3ccc4cc(OCCCC5CCCCC5)ccc4c23)C(=O)C1. The first-order chi connectivity index (χ1) is 15.2. The molecule has 1 aromatic heterocycles. The van der Waals surface area contributed by atoms with Gasteiger partial charge < -0.3 is 9.26 Å². The van der Waals surface area contributed by atoms with E-state index in [1.54, 1.807) is 0 Å². The van der Waals surface area contributed by atoms with Gasteiger partial charge in [-0.15, -0.1) is 0 Å². The maximum absolute atomic E-state index is 12.5. The highest BCUT2D eigenvalue weighted by atomic mass is 16.5. The van der Waals surface area contributed by atoms with E-state index in [0.29, 0.717) is 24.1 Å². The number of ether oxygens (including phenoxy) is 1. The van der Waals surface area contributed by atoms with Gasteiger partial charge >= 0.3 is 0 Å². The minimum atomic E-state index is -0.361. The van der Waals surface area contributed by atoms with Gasteiger partial charge in [-0.05, 0) is 60.2 Å². The molecule has 0 N–H and O–H groups in total. The Bertz CT molecular complexity index is 1110. The number of hydrogen-bond donors (Lipinski definition) is 0. The minimum Gasteiger partial charge on any atom is -0.494 e. The molecule has 1 heterocycles. The lowest BCUT2D eigenvalue weighted by atomic mass is 9.83. The lowest BCUT2D eigenvalue weighted by Gasteiger charge is -2.21. The molecular formula is C26H29NO4. The maximum Gasteiger partial charge on any atom is 0.167 e. The highest BCUT2D eigenvalue weighted by molar-refractivity contribution is 6.11. The van der Waals surface area contributed by atoms with Crippen molar-refractivity contribution in [2.45, 2.75) is 70.1 Å². The molecule has 1 atom stereocenters. The van der Waals surface area contributed by atoms with Crippen molar-refractivity contribution in [1.29, 1.82) is 0 Å². The highest BCUT2D eigenvalue weighted by Gasteiger charge is 2.32. The summed E-state index contributed by atoms with van der Waals surface area (Å²) in [6.45, 7) is 0.743. The van der Waals surface area contributed by atoms with E-state index in [4.69, 9.17) is 9.26 Å². The molecule has 0 aliphatic heterocycles. The number of rotatable bonds is 6. The smallest absolute Gasteiger partial charge is 0.167 e. The molecule has 0 bridgehead atoms. The Morgan fingerprint density at radius 3 is 2.74 bits per heavy atom. The molecule has 5 heteroatoms. The number of Topliss-reactive ketones (excluding diaryl/α,β-unsaturated/α-hetero) is 2. The zero-order valence-corrected chi connectivity index (χ0v) is 17.9. The van der Waals surface area contributed by atoms with E-state index in [2.05, 4.69) is 11.2 Å². The molecule has 31 heavy (non-hydrogen) atoms. The van der Waals surface area contributed by atoms with E-state index >= 15 is 0 Å². The van der Waals surface area contributed by atoms with Gasteiger partial charge in [0.1, 0.15) is 23.0 Å². The molecule has 2 aromatic carbocycles. The average molecular weight is 420 g/mol. The maximum atomic E-state index is 12.5. The number of carbonyl (C=O) groups excluding carboxylic acids is 2. The lowest BCUT2D eigenvalue weighted by molar-refractivity contribution is -0.130. The lowest BCUT2D eigenvalue weighted by Crippen LogP contribution is -2.23. The second-order valence-corrected chi connectivity index (χ2v) is 9.16. The number of ketones is 2. The van der Waals surface area contributed by atoms with Gasteiger partial charge in [-0.1, -0.05) is 43.3 Å². The number of hydrogen-bond acceptors (Lipinski definition) is 5. The normalized spacial score (nSPS) is 20.6. The first kappa shape index (κ1) is 20.2. The van der Waals surface area contributed by atoms with Crippen LogP contribution in [0.1, 0.15) is 75.8 Å². The van der Waals surface area contributed by atoms with Gasteiger partial charge in [-0.2, -0.15) is 0 Å². The van der Waals surface area contributed by atoms with Gasteiger partial charge in [-0.3, -0.25) is 9.59 Å². The van der Waals surface area contributed by atoms with Crippen LogP contribution in [-0.2, 0) is 9.59 Å². The summed E-state index contributed by atoms with van der Waals surface area (Å²) in [6.07, 6.45) is 10.2. The number of carbonyl (C=O) groups is 2. The third-order valence-electron chi connectivity index (χ3n) is 7.00. The van der Waals surface area contributed by atoms with Crippen LogP contribution < -0.4 is 4.74 Å². The highest BCUT2D eigenvalue weighted by Crippen LogP contribution is 2.37. The summed E-state index contributed by atoms with van der Waals surface area (Å²) in [7, 11) is 0. The summed E-state index contributed by atoms with van der Waals surface area (Å²) < 4.78 is 11.6. The Kier molecular flexibility index (Phi) is 5.75. The van der Waals surface area contributed by atoms with Crippen LogP contribution in [0, 0.1) is 5.92 Å². The zero-order chi connectivity index (χ0) is 21.2. The minimum absolute atomic E-state index is 0.00261. The molecular weight excluding hydrogens is 390 g/mol. The molecule has 5 nitrogen and oxygen atoms in total. The first-order valence-electron chi connectivity index (χ1n) is 11.7. The summed E-state index contributed by atoms with van der Waals surface area (Å²) >= 11 is 0. The molecule has 2 fully saturated rings. The number of benzene rings is 2. The van der Waals surface area contributed by atoms with Crippen LogP contribution in [0.5, 0.6) is 5.75 Å². The molecule has 3 aromatic rings. The molecule has 0 radical (unpaired) electrons. The van der Waals surface area contributed by atoms with Gasteiger partial charge in [0.2, 0.25) is 0 Å². The molecule has 2 aliphatic carbocycles. The van der Waals surface area contributed by atoms with Crippen LogP contribution in [0.4, 0.5) is 0 Å². The van der Waals surface area contributed by atoms with Crippen molar-refractivity contribution in [3.8, 4) is 5.75 Å². The van der Waals surface area contributed by atoms with Crippen molar-refractivity contribution in [2.24, 2.45) is 5.92 Å². The zero-order valence-electron chi connectivity index (χ0n) is 17.9. The third kappa shape index (κ3) is 4.23. The largest absolute Gasteiger partial charge is 0.494 e. The molecule has 2 saturated carbocycles. The fourth-order valence-corrected chi connectivity index (χ4v) is 5.30. The predicted octanol–water partition coefficient (Wildman–Crippen LogP) is 6.13. The Labute approximate surface area is 182 Å². The van der Waals surface area contributed by atoms with E-state index in [-0.39, 0.29) is 23.9 Å². The fourth-order valence-electron chi connectivity index (χ4n) is 5.30. The predicted molar refractivity (Wildman–Crippen MR) is 119 cm³/mol. The average Bonchev–Trinajstić information content (AvgIpc) is 3.21. The number of fused-ring (bicyclic) bond motifs is 3. The van der Waals surface area contributed by atoms with Crippen LogP contribution >= 0.6 is 0 Å². The Morgan fingerprint density at radius 1 is 1.03 bits per heavy atom. The monoisotopic (exact) mass is 419 g/mol. The molecule has 5 rings (SSSR count). The second-order valence-electron chi connectivity index (χ2n) is 9.16.